The maximum absolute atomic E-state index is 12.8. The highest BCUT2D eigenvalue weighted by Gasteiger charge is 2.15. The van der Waals surface area contributed by atoms with Crippen LogP contribution in [0.4, 0.5) is 0 Å². The number of fused-ring (bicyclic) bond motifs is 1. The molecule has 0 saturated carbocycles. The summed E-state index contributed by atoms with van der Waals surface area (Å²) in [6.45, 7) is 6.07. The number of carbonyl (C=O) groups is 1. The van der Waals surface area contributed by atoms with Crippen molar-refractivity contribution in [1.29, 1.82) is 0 Å². The van der Waals surface area contributed by atoms with E-state index >= 15 is 0 Å². The Bertz CT molecular complexity index is 791. The van der Waals surface area contributed by atoms with Gasteiger partial charge >= 0.3 is 0 Å². The molecule has 3 aromatic rings. The molecule has 0 aliphatic carbocycles. The number of carbonyl (C=O) groups excluding carboxylic acids is 1. The topological polar surface area (TPSA) is 32.9 Å². The average molecular weight is 263 g/mol. The molecule has 1 heterocycles. The number of ketones is 1. The Balaban J connectivity index is 2.18. The van der Waals surface area contributed by atoms with E-state index in [9.17, 15) is 4.79 Å². The molecule has 0 amide bonds. The Labute approximate surface area is 118 Å². The van der Waals surface area contributed by atoms with Crippen LogP contribution in [0.2, 0.25) is 0 Å². The summed E-state index contributed by atoms with van der Waals surface area (Å²) in [6.07, 6.45) is 1.82. The monoisotopic (exact) mass is 263 g/mol. The van der Waals surface area contributed by atoms with Crippen molar-refractivity contribution in [2.75, 3.05) is 0 Å². The second-order valence-corrected chi connectivity index (χ2v) is 5.41. The van der Waals surface area contributed by atoms with Gasteiger partial charge in [-0.2, -0.15) is 0 Å². The summed E-state index contributed by atoms with van der Waals surface area (Å²) in [7, 11) is 0. The predicted octanol–water partition coefficient (Wildman–Crippen LogP) is 4.32. The third kappa shape index (κ3) is 2.03. The Hall–Kier alpha value is -2.35. The highest BCUT2D eigenvalue weighted by molar-refractivity contribution is 6.17. The predicted molar refractivity (Wildman–Crippen MR) is 82.4 cm³/mol. The summed E-state index contributed by atoms with van der Waals surface area (Å²) in [5, 5.41) is 1.02. The van der Waals surface area contributed by atoms with Gasteiger partial charge in [-0.1, -0.05) is 29.3 Å². The van der Waals surface area contributed by atoms with Crippen molar-refractivity contribution in [3.63, 3.8) is 0 Å². The van der Waals surface area contributed by atoms with Crippen molar-refractivity contribution in [2.45, 2.75) is 20.8 Å². The molecule has 0 fully saturated rings. The van der Waals surface area contributed by atoms with Crippen LogP contribution in [0, 0.1) is 20.8 Å². The first-order valence-electron chi connectivity index (χ1n) is 6.76. The molecule has 2 nitrogen and oxygen atoms in total. The van der Waals surface area contributed by atoms with Gasteiger partial charge in [0, 0.05) is 28.2 Å². The van der Waals surface area contributed by atoms with Gasteiger partial charge < -0.3 is 4.98 Å². The number of H-pyrrole nitrogens is 1. The number of aromatic amines is 1. The summed E-state index contributed by atoms with van der Waals surface area (Å²) in [6, 6.07) is 12.0. The molecule has 0 aliphatic rings. The van der Waals surface area contributed by atoms with Crippen LogP contribution in [-0.2, 0) is 0 Å². The zero-order chi connectivity index (χ0) is 14.3. The molecular weight excluding hydrogens is 246 g/mol. The summed E-state index contributed by atoms with van der Waals surface area (Å²) < 4.78 is 0. The lowest BCUT2D eigenvalue weighted by Crippen LogP contribution is -2.02. The number of benzene rings is 2. The average Bonchev–Trinajstić information content (AvgIpc) is 2.82. The molecule has 1 aromatic heterocycles. The van der Waals surface area contributed by atoms with Gasteiger partial charge in [-0.05, 0) is 44.5 Å². The standard InChI is InChI=1S/C18H17NO/c1-11-7-12(2)9-14(8-11)18(20)15-10-19-16-6-4-5-13(3)17(15)16/h4-10,19H,1-3H3. The van der Waals surface area contributed by atoms with E-state index in [-0.39, 0.29) is 5.78 Å². The van der Waals surface area contributed by atoms with E-state index in [0.717, 1.165) is 38.7 Å². The third-order valence-corrected chi connectivity index (χ3v) is 3.64. The van der Waals surface area contributed by atoms with Crippen molar-refractivity contribution in [3.05, 3.63) is 70.4 Å². The van der Waals surface area contributed by atoms with Crippen LogP contribution in [0.5, 0.6) is 0 Å². The van der Waals surface area contributed by atoms with Crippen LogP contribution in [0.15, 0.2) is 42.6 Å². The fourth-order valence-electron chi connectivity index (χ4n) is 2.81. The molecule has 2 heteroatoms. The lowest BCUT2D eigenvalue weighted by molar-refractivity contribution is 0.104. The maximum Gasteiger partial charge on any atom is 0.195 e. The van der Waals surface area contributed by atoms with Crippen LogP contribution >= 0.6 is 0 Å². The van der Waals surface area contributed by atoms with Crippen molar-refractivity contribution >= 4 is 16.7 Å². The molecule has 0 radical (unpaired) electrons. The highest BCUT2D eigenvalue weighted by atomic mass is 16.1. The summed E-state index contributed by atoms with van der Waals surface area (Å²) in [4.78, 5) is 15.9. The third-order valence-electron chi connectivity index (χ3n) is 3.64. The smallest absolute Gasteiger partial charge is 0.195 e. The fourth-order valence-corrected chi connectivity index (χ4v) is 2.81. The van der Waals surface area contributed by atoms with Gasteiger partial charge in [0.05, 0.1) is 0 Å². The van der Waals surface area contributed by atoms with Crippen molar-refractivity contribution < 1.29 is 4.79 Å². The number of hydrogen-bond donors (Lipinski definition) is 1. The molecule has 0 spiro atoms. The highest BCUT2D eigenvalue weighted by Crippen LogP contribution is 2.25. The maximum atomic E-state index is 12.8. The number of nitrogens with one attached hydrogen (secondary N) is 1. The largest absolute Gasteiger partial charge is 0.360 e. The number of aromatic nitrogens is 1. The Morgan fingerprint density at radius 1 is 1.00 bits per heavy atom. The van der Waals surface area contributed by atoms with E-state index in [1.54, 1.807) is 0 Å². The summed E-state index contributed by atoms with van der Waals surface area (Å²) in [5.74, 6) is 0.0809. The molecule has 100 valence electrons. The molecule has 1 N–H and O–H groups in total. The van der Waals surface area contributed by atoms with Crippen molar-refractivity contribution in [2.24, 2.45) is 0 Å². The Kier molecular flexibility index (Phi) is 2.94. The summed E-state index contributed by atoms with van der Waals surface area (Å²) >= 11 is 0. The molecular formula is C18H17NO. The number of hydrogen-bond acceptors (Lipinski definition) is 1. The van der Waals surface area contributed by atoms with E-state index in [1.807, 2.05) is 57.3 Å². The molecule has 0 bridgehead atoms. The number of rotatable bonds is 2. The van der Waals surface area contributed by atoms with Gasteiger partial charge in [-0.3, -0.25) is 4.79 Å². The second-order valence-electron chi connectivity index (χ2n) is 5.41. The zero-order valence-corrected chi connectivity index (χ0v) is 11.9. The van der Waals surface area contributed by atoms with Gasteiger partial charge in [0.2, 0.25) is 0 Å². The van der Waals surface area contributed by atoms with Crippen LogP contribution in [0.3, 0.4) is 0 Å². The van der Waals surface area contributed by atoms with E-state index in [1.165, 1.54) is 0 Å². The van der Waals surface area contributed by atoms with Crippen molar-refractivity contribution in [3.8, 4) is 0 Å². The molecule has 0 aliphatic heterocycles. The van der Waals surface area contributed by atoms with Gasteiger partial charge in [0.25, 0.3) is 0 Å². The van der Waals surface area contributed by atoms with E-state index in [4.69, 9.17) is 0 Å². The molecule has 2 aromatic carbocycles. The van der Waals surface area contributed by atoms with Gasteiger partial charge in [-0.25, -0.2) is 0 Å². The normalized spacial score (nSPS) is 10.9. The van der Waals surface area contributed by atoms with E-state index < -0.39 is 0 Å². The van der Waals surface area contributed by atoms with Crippen LogP contribution in [0.1, 0.15) is 32.6 Å². The van der Waals surface area contributed by atoms with Crippen LogP contribution < -0.4 is 0 Å². The van der Waals surface area contributed by atoms with Crippen LogP contribution in [0.25, 0.3) is 10.9 Å². The van der Waals surface area contributed by atoms with Gasteiger partial charge in [-0.15, -0.1) is 0 Å². The molecule has 0 unspecified atom stereocenters. The minimum atomic E-state index is 0.0809. The lowest BCUT2D eigenvalue weighted by atomic mass is 9.97. The first kappa shape index (κ1) is 12.7. The molecule has 0 atom stereocenters. The summed E-state index contributed by atoms with van der Waals surface area (Å²) in [5.41, 5.74) is 5.87. The first-order chi connectivity index (χ1) is 9.56. The Morgan fingerprint density at radius 2 is 1.70 bits per heavy atom. The van der Waals surface area contributed by atoms with E-state index in [2.05, 4.69) is 11.1 Å². The quantitative estimate of drug-likeness (QED) is 0.686. The minimum Gasteiger partial charge on any atom is -0.360 e. The lowest BCUT2D eigenvalue weighted by Gasteiger charge is -2.05. The minimum absolute atomic E-state index is 0.0809. The number of aryl methyl sites for hydroxylation is 3. The second kappa shape index (κ2) is 4.64. The molecule has 0 saturated heterocycles. The van der Waals surface area contributed by atoms with Crippen molar-refractivity contribution in [1.82, 2.24) is 4.98 Å². The van der Waals surface area contributed by atoms with Crippen LogP contribution in [-0.4, -0.2) is 10.8 Å². The fraction of sp³-hybridized carbons (Fsp3) is 0.167. The van der Waals surface area contributed by atoms with Gasteiger partial charge in [0.15, 0.2) is 5.78 Å². The Morgan fingerprint density at radius 3 is 2.40 bits per heavy atom. The molecule has 20 heavy (non-hydrogen) atoms. The SMILES string of the molecule is Cc1cc(C)cc(C(=O)c2c[nH]c3cccc(C)c23)c1. The zero-order valence-electron chi connectivity index (χ0n) is 11.9. The first-order valence-corrected chi connectivity index (χ1v) is 6.76. The molecule has 3 rings (SSSR count). The van der Waals surface area contributed by atoms with E-state index in [0.29, 0.717) is 0 Å². The van der Waals surface area contributed by atoms with Gasteiger partial charge in [0.1, 0.15) is 0 Å².